The van der Waals surface area contributed by atoms with Gasteiger partial charge >= 0.3 is 0 Å². The predicted octanol–water partition coefficient (Wildman–Crippen LogP) is 2.21. The number of hydrogen-bond donors (Lipinski definition) is 2. The molecule has 0 aromatic heterocycles. The highest BCUT2D eigenvalue weighted by Gasteiger charge is 2.14. The molecule has 2 aromatic carbocycles. The molecule has 0 saturated heterocycles. The van der Waals surface area contributed by atoms with Gasteiger partial charge in [-0.1, -0.05) is 29.8 Å². The van der Waals surface area contributed by atoms with E-state index in [0.29, 0.717) is 11.6 Å². The monoisotopic (exact) mass is 325 g/mol. The van der Waals surface area contributed by atoms with E-state index < -0.39 is 10.0 Å². The van der Waals surface area contributed by atoms with E-state index in [-0.39, 0.29) is 10.6 Å². The third kappa shape index (κ3) is 3.66. The summed E-state index contributed by atoms with van der Waals surface area (Å²) in [4.78, 5) is 1.85. The maximum atomic E-state index is 11.3. The lowest BCUT2D eigenvalue weighted by Crippen LogP contribution is -2.18. The lowest BCUT2D eigenvalue weighted by atomic mass is 10.2. The molecule has 21 heavy (non-hydrogen) atoms. The second-order valence-electron chi connectivity index (χ2n) is 4.71. The van der Waals surface area contributed by atoms with E-state index in [1.54, 1.807) is 12.1 Å². The summed E-state index contributed by atoms with van der Waals surface area (Å²) in [7, 11) is -1.94. The molecule has 0 bridgehead atoms. The lowest BCUT2D eigenvalue weighted by molar-refractivity contribution is 0.598. The van der Waals surface area contributed by atoms with E-state index in [1.165, 1.54) is 6.07 Å². The fraction of sp³-hybridized carbons (Fsp3) is 0.143. The normalized spacial score (nSPS) is 11.4. The van der Waals surface area contributed by atoms with Crippen LogP contribution in [0, 0.1) is 0 Å². The average molecular weight is 326 g/mol. The quantitative estimate of drug-likeness (QED) is 0.843. The molecule has 5 nitrogen and oxygen atoms in total. The summed E-state index contributed by atoms with van der Waals surface area (Å²) in [5, 5.41) is 5.77. The number of rotatable bonds is 4. The van der Waals surface area contributed by atoms with Gasteiger partial charge in [0.15, 0.2) is 0 Å². The van der Waals surface area contributed by atoms with Gasteiger partial charge in [-0.25, -0.2) is 13.6 Å². The van der Waals surface area contributed by atoms with E-state index >= 15 is 0 Å². The number of anilines is 2. The average Bonchev–Trinajstić information content (AvgIpc) is 2.39. The number of halogens is 1. The molecular weight excluding hydrogens is 310 g/mol. The zero-order valence-electron chi connectivity index (χ0n) is 11.5. The number of primary sulfonamides is 1. The van der Waals surface area contributed by atoms with Crippen LogP contribution in [0.15, 0.2) is 47.4 Å². The summed E-state index contributed by atoms with van der Waals surface area (Å²) in [6.45, 7) is 0.577. The Morgan fingerprint density at radius 3 is 2.43 bits per heavy atom. The number of nitrogens with two attached hydrogens (primary N) is 2. The van der Waals surface area contributed by atoms with Crippen LogP contribution in [0.3, 0.4) is 0 Å². The van der Waals surface area contributed by atoms with Crippen molar-refractivity contribution < 1.29 is 8.42 Å². The molecule has 0 heterocycles. The minimum absolute atomic E-state index is 0.0719. The molecule has 112 valence electrons. The van der Waals surface area contributed by atoms with Crippen LogP contribution in [-0.2, 0) is 16.6 Å². The van der Waals surface area contributed by atoms with Crippen molar-refractivity contribution in [1.82, 2.24) is 0 Å². The molecule has 0 saturated carbocycles. The standard InChI is InChI=1S/C14H16ClN3O2S/c1-18(9-10-4-2-3-5-12(10)15)11-6-7-14(13(16)8-11)21(17,19)20/h2-8H,9,16H2,1H3,(H2,17,19,20). The van der Waals surface area contributed by atoms with E-state index in [9.17, 15) is 8.42 Å². The first-order chi connectivity index (χ1) is 9.79. The van der Waals surface area contributed by atoms with Gasteiger partial charge in [-0.05, 0) is 29.8 Å². The van der Waals surface area contributed by atoms with Gasteiger partial charge < -0.3 is 10.6 Å². The SMILES string of the molecule is CN(Cc1ccccc1Cl)c1ccc(S(N)(=O)=O)c(N)c1. The number of benzene rings is 2. The van der Waals surface area contributed by atoms with Crippen LogP contribution in [-0.4, -0.2) is 15.5 Å². The molecule has 0 aliphatic carbocycles. The molecule has 4 N–H and O–H groups in total. The molecule has 7 heteroatoms. The molecular formula is C14H16ClN3O2S. The van der Waals surface area contributed by atoms with Crippen LogP contribution < -0.4 is 15.8 Å². The molecule has 2 rings (SSSR count). The van der Waals surface area contributed by atoms with Crippen LogP contribution in [0.4, 0.5) is 11.4 Å². The van der Waals surface area contributed by atoms with Crippen molar-refractivity contribution in [2.45, 2.75) is 11.4 Å². The summed E-state index contributed by atoms with van der Waals surface area (Å²) in [5.74, 6) is 0. The fourth-order valence-electron chi connectivity index (χ4n) is 2.01. The molecule has 0 aliphatic rings. The topological polar surface area (TPSA) is 89.4 Å². The van der Waals surface area contributed by atoms with E-state index in [0.717, 1.165) is 11.3 Å². The highest BCUT2D eigenvalue weighted by atomic mass is 35.5. The first-order valence-electron chi connectivity index (χ1n) is 6.16. The number of sulfonamides is 1. The highest BCUT2D eigenvalue weighted by molar-refractivity contribution is 7.89. The summed E-state index contributed by atoms with van der Waals surface area (Å²) in [6, 6.07) is 12.2. The highest BCUT2D eigenvalue weighted by Crippen LogP contribution is 2.25. The molecule has 0 spiro atoms. The lowest BCUT2D eigenvalue weighted by Gasteiger charge is -2.21. The van der Waals surface area contributed by atoms with Crippen LogP contribution in [0.25, 0.3) is 0 Å². The molecule has 0 fully saturated rings. The Balaban J connectivity index is 2.27. The van der Waals surface area contributed by atoms with Gasteiger partial charge in [-0.3, -0.25) is 0 Å². The zero-order chi connectivity index (χ0) is 15.6. The molecule has 0 aliphatic heterocycles. The Morgan fingerprint density at radius 1 is 1.19 bits per heavy atom. The van der Waals surface area contributed by atoms with Crippen molar-refractivity contribution in [1.29, 1.82) is 0 Å². The smallest absolute Gasteiger partial charge is 0.240 e. The van der Waals surface area contributed by atoms with Crippen LogP contribution in [0.2, 0.25) is 5.02 Å². The Kier molecular flexibility index (Phi) is 4.41. The third-order valence-electron chi connectivity index (χ3n) is 3.11. The van der Waals surface area contributed by atoms with Crippen LogP contribution in [0.1, 0.15) is 5.56 Å². The minimum Gasteiger partial charge on any atom is -0.398 e. The van der Waals surface area contributed by atoms with Gasteiger partial charge in [0.2, 0.25) is 10.0 Å². The summed E-state index contributed by atoms with van der Waals surface area (Å²) >= 11 is 6.12. The van der Waals surface area contributed by atoms with E-state index in [2.05, 4.69) is 0 Å². The van der Waals surface area contributed by atoms with Crippen molar-refractivity contribution in [3.05, 3.63) is 53.1 Å². The second kappa shape index (κ2) is 5.93. The Morgan fingerprint density at radius 2 is 1.86 bits per heavy atom. The maximum Gasteiger partial charge on any atom is 0.240 e. The molecule has 0 radical (unpaired) electrons. The first-order valence-corrected chi connectivity index (χ1v) is 8.08. The second-order valence-corrected chi connectivity index (χ2v) is 6.65. The van der Waals surface area contributed by atoms with Crippen LogP contribution >= 0.6 is 11.6 Å². The van der Waals surface area contributed by atoms with Gasteiger partial charge in [0.1, 0.15) is 4.90 Å². The van der Waals surface area contributed by atoms with Gasteiger partial charge in [-0.15, -0.1) is 0 Å². The van der Waals surface area contributed by atoms with E-state index in [4.69, 9.17) is 22.5 Å². The van der Waals surface area contributed by atoms with Gasteiger partial charge in [0.05, 0.1) is 5.69 Å². The van der Waals surface area contributed by atoms with Crippen molar-refractivity contribution in [3.8, 4) is 0 Å². The maximum absolute atomic E-state index is 11.3. The van der Waals surface area contributed by atoms with Crippen molar-refractivity contribution in [3.63, 3.8) is 0 Å². The minimum atomic E-state index is -3.81. The van der Waals surface area contributed by atoms with Gasteiger partial charge in [0, 0.05) is 24.3 Å². The Hall–Kier alpha value is -1.76. The third-order valence-corrected chi connectivity index (χ3v) is 4.46. The summed E-state index contributed by atoms with van der Waals surface area (Å²) in [5.41, 5.74) is 7.63. The Labute approximate surface area is 129 Å². The van der Waals surface area contributed by atoms with Crippen molar-refractivity contribution in [2.75, 3.05) is 17.7 Å². The molecule has 0 atom stereocenters. The van der Waals surface area contributed by atoms with Crippen molar-refractivity contribution >= 4 is 33.0 Å². The van der Waals surface area contributed by atoms with Crippen molar-refractivity contribution in [2.24, 2.45) is 5.14 Å². The zero-order valence-corrected chi connectivity index (χ0v) is 13.0. The molecule has 0 unspecified atom stereocenters. The Bertz CT molecular complexity index is 763. The number of nitrogens with zero attached hydrogens (tertiary/aromatic N) is 1. The number of nitrogen functional groups attached to an aromatic ring is 1. The van der Waals surface area contributed by atoms with Gasteiger partial charge in [-0.2, -0.15) is 0 Å². The van der Waals surface area contributed by atoms with Crippen LogP contribution in [0.5, 0.6) is 0 Å². The first kappa shape index (κ1) is 15.6. The largest absolute Gasteiger partial charge is 0.398 e. The molecule has 0 amide bonds. The summed E-state index contributed by atoms with van der Waals surface area (Å²) in [6.07, 6.45) is 0. The van der Waals surface area contributed by atoms with E-state index in [1.807, 2.05) is 36.2 Å². The predicted molar refractivity (Wildman–Crippen MR) is 85.8 cm³/mol. The summed E-state index contributed by atoms with van der Waals surface area (Å²) < 4.78 is 22.7. The molecule has 2 aromatic rings. The fourth-order valence-corrected chi connectivity index (χ4v) is 2.85. The van der Waals surface area contributed by atoms with Gasteiger partial charge in [0.25, 0.3) is 0 Å². The number of hydrogen-bond acceptors (Lipinski definition) is 4.